The summed E-state index contributed by atoms with van der Waals surface area (Å²) in [5.74, 6) is 0. The summed E-state index contributed by atoms with van der Waals surface area (Å²) in [4.78, 5) is 0.274. The van der Waals surface area contributed by atoms with Crippen molar-refractivity contribution in [2.75, 3.05) is 5.33 Å². The maximum absolute atomic E-state index is 12.2. The van der Waals surface area contributed by atoms with Gasteiger partial charge in [-0.25, -0.2) is 0 Å². The minimum absolute atomic E-state index is 0.0569. The van der Waals surface area contributed by atoms with E-state index in [4.69, 9.17) is 0 Å². The van der Waals surface area contributed by atoms with Crippen LogP contribution in [-0.4, -0.2) is 10.8 Å². The zero-order valence-corrected chi connectivity index (χ0v) is 12.7. The lowest BCUT2D eigenvalue weighted by Gasteiger charge is -2.09. The second-order valence-corrected chi connectivity index (χ2v) is 6.17. The number of hydrogen-bond donors (Lipinski definition) is 0. The SMILES string of the molecule is FC(F)(F)Sc1ccc(CCCBr)cc1I. The summed E-state index contributed by atoms with van der Waals surface area (Å²) in [7, 11) is 0. The minimum atomic E-state index is -4.21. The Morgan fingerprint density at radius 1 is 1.31 bits per heavy atom. The highest BCUT2D eigenvalue weighted by atomic mass is 127. The van der Waals surface area contributed by atoms with Crippen molar-refractivity contribution < 1.29 is 13.2 Å². The van der Waals surface area contributed by atoms with Gasteiger partial charge in [0, 0.05) is 13.8 Å². The molecule has 0 aromatic heterocycles. The normalized spacial score (nSPS) is 11.8. The van der Waals surface area contributed by atoms with Crippen molar-refractivity contribution in [1.29, 1.82) is 0 Å². The van der Waals surface area contributed by atoms with Crippen molar-refractivity contribution >= 4 is 50.3 Å². The van der Waals surface area contributed by atoms with Crippen molar-refractivity contribution in [3.8, 4) is 0 Å². The second-order valence-electron chi connectivity index (χ2n) is 3.11. The average molecular weight is 425 g/mol. The van der Waals surface area contributed by atoms with Crippen molar-refractivity contribution in [3.05, 3.63) is 27.3 Å². The predicted octanol–water partition coefficient (Wildman–Crippen LogP) is 5.23. The van der Waals surface area contributed by atoms with E-state index >= 15 is 0 Å². The molecule has 16 heavy (non-hydrogen) atoms. The fraction of sp³-hybridized carbons (Fsp3) is 0.400. The predicted molar refractivity (Wildman–Crippen MR) is 73.2 cm³/mol. The molecule has 0 aliphatic heterocycles. The van der Waals surface area contributed by atoms with Gasteiger partial charge in [-0.05, 0) is 64.9 Å². The molecule has 0 amide bonds. The van der Waals surface area contributed by atoms with Crippen LogP contribution in [0, 0.1) is 3.57 Å². The van der Waals surface area contributed by atoms with Crippen LogP contribution in [0.25, 0.3) is 0 Å². The van der Waals surface area contributed by atoms with Gasteiger partial charge < -0.3 is 0 Å². The summed E-state index contributed by atoms with van der Waals surface area (Å²) in [6.07, 6.45) is 1.88. The monoisotopic (exact) mass is 424 g/mol. The third kappa shape index (κ3) is 5.27. The fourth-order valence-corrected chi connectivity index (χ4v) is 2.91. The zero-order valence-electron chi connectivity index (χ0n) is 8.15. The molecular weight excluding hydrogens is 416 g/mol. The molecule has 0 bridgehead atoms. The van der Waals surface area contributed by atoms with Crippen molar-refractivity contribution in [1.82, 2.24) is 0 Å². The molecule has 0 spiro atoms. The molecule has 0 fully saturated rings. The van der Waals surface area contributed by atoms with Crippen LogP contribution in [0.4, 0.5) is 13.2 Å². The van der Waals surface area contributed by atoms with Gasteiger partial charge in [0.1, 0.15) is 0 Å². The molecule has 1 aromatic rings. The third-order valence-corrected chi connectivity index (χ3v) is 4.45. The molecule has 0 heterocycles. The molecule has 0 aliphatic rings. The van der Waals surface area contributed by atoms with E-state index in [0.717, 1.165) is 23.7 Å². The Labute approximate surface area is 119 Å². The number of halogens is 5. The largest absolute Gasteiger partial charge is 0.446 e. The Hall–Kier alpha value is 0.570. The molecule has 1 aromatic carbocycles. The third-order valence-electron chi connectivity index (χ3n) is 1.82. The van der Waals surface area contributed by atoms with Gasteiger partial charge in [-0.15, -0.1) is 0 Å². The molecule has 0 atom stereocenters. The zero-order chi connectivity index (χ0) is 12.2. The molecule has 0 nitrogen and oxygen atoms in total. The molecule has 0 radical (unpaired) electrons. The molecule has 0 saturated heterocycles. The van der Waals surface area contributed by atoms with Crippen molar-refractivity contribution in [2.45, 2.75) is 23.2 Å². The number of rotatable bonds is 4. The van der Waals surface area contributed by atoms with Gasteiger partial charge in [-0.1, -0.05) is 22.0 Å². The van der Waals surface area contributed by atoms with Gasteiger partial charge in [0.2, 0.25) is 0 Å². The molecule has 0 aliphatic carbocycles. The highest BCUT2D eigenvalue weighted by Crippen LogP contribution is 2.39. The fourth-order valence-electron chi connectivity index (χ4n) is 1.18. The van der Waals surface area contributed by atoms with Crippen molar-refractivity contribution in [2.24, 2.45) is 0 Å². The lowest BCUT2D eigenvalue weighted by atomic mass is 10.1. The van der Waals surface area contributed by atoms with E-state index in [1.54, 1.807) is 12.1 Å². The average Bonchev–Trinajstić information content (AvgIpc) is 2.17. The first-order valence-corrected chi connectivity index (χ1v) is 7.54. The van der Waals surface area contributed by atoms with E-state index < -0.39 is 5.51 Å². The first kappa shape index (κ1) is 14.6. The summed E-state index contributed by atoms with van der Waals surface area (Å²) in [5.41, 5.74) is -3.13. The van der Waals surface area contributed by atoms with Crippen molar-refractivity contribution in [3.63, 3.8) is 0 Å². The van der Waals surface area contributed by atoms with Crippen LogP contribution in [0.1, 0.15) is 12.0 Å². The highest BCUT2D eigenvalue weighted by molar-refractivity contribution is 14.1. The first-order valence-electron chi connectivity index (χ1n) is 4.52. The molecular formula is C10H9BrF3IS. The molecule has 0 N–H and O–H groups in total. The number of aryl methyl sites for hydroxylation is 1. The van der Waals surface area contributed by atoms with Crippen LogP contribution in [0.3, 0.4) is 0 Å². The standard InChI is InChI=1S/C10H9BrF3IS/c11-5-1-2-7-3-4-9(8(15)6-7)16-10(12,13)14/h3-4,6H,1-2,5H2. The van der Waals surface area contributed by atoms with E-state index in [9.17, 15) is 13.2 Å². The topological polar surface area (TPSA) is 0 Å². The molecule has 6 heteroatoms. The van der Waals surface area contributed by atoms with Crippen LogP contribution in [0.5, 0.6) is 0 Å². The van der Waals surface area contributed by atoms with Gasteiger partial charge in [-0.2, -0.15) is 13.2 Å². The highest BCUT2D eigenvalue weighted by Gasteiger charge is 2.30. The summed E-state index contributed by atoms with van der Waals surface area (Å²) >= 11 is 5.21. The number of hydrogen-bond acceptors (Lipinski definition) is 1. The smallest absolute Gasteiger partial charge is 0.160 e. The minimum Gasteiger partial charge on any atom is -0.160 e. The lowest BCUT2D eigenvalue weighted by Crippen LogP contribution is -2.00. The second kappa shape index (κ2) is 6.49. The van der Waals surface area contributed by atoms with Crippen LogP contribution in [-0.2, 0) is 6.42 Å². The van der Waals surface area contributed by atoms with E-state index in [-0.39, 0.29) is 16.7 Å². The number of benzene rings is 1. The lowest BCUT2D eigenvalue weighted by molar-refractivity contribution is -0.0328. The summed E-state index contributed by atoms with van der Waals surface area (Å²) < 4.78 is 37.2. The number of thioether (sulfide) groups is 1. The maximum Gasteiger partial charge on any atom is 0.446 e. The van der Waals surface area contributed by atoms with E-state index in [1.807, 2.05) is 28.7 Å². The maximum atomic E-state index is 12.2. The molecule has 1 rings (SSSR count). The van der Waals surface area contributed by atoms with Gasteiger partial charge in [0.15, 0.2) is 0 Å². The summed E-state index contributed by atoms with van der Waals surface area (Å²) in [6.45, 7) is 0. The van der Waals surface area contributed by atoms with Gasteiger partial charge >= 0.3 is 5.51 Å². The Kier molecular flexibility index (Phi) is 5.93. The van der Waals surface area contributed by atoms with E-state index in [0.29, 0.717) is 3.57 Å². The van der Waals surface area contributed by atoms with Gasteiger partial charge in [0.25, 0.3) is 0 Å². The first-order chi connectivity index (χ1) is 7.42. The summed E-state index contributed by atoms with van der Waals surface area (Å²) in [6, 6.07) is 5.12. The quantitative estimate of drug-likeness (QED) is 0.362. The van der Waals surface area contributed by atoms with Crippen LogP contribution in [0.2, 0.25) is 0 Å². The molecule has 0 saturated carbocycles. The Balaban J connectivity index is 2.75. The van der Waals surface area contributed by atoms with Crippen LogP contribution in [0.15, 0.2) is 23.1 Å². The Morgan fingerprint density at radius 3 is 2.50 bits per heavy atom. The van der Waals surface area contributed by atoms with Gasteiger partial charge in [0.05, 0.1) is 0 Å². The Morgan fingerprint density at radius 2 is 2.00 bits per heavy atom. The van der Waals surface area contributed by atoms with Crippen LogP contribution < -0.4 is 0 Å². The summed E-state index contributed by atoms with van der Waals surface area (Å²) in [5, 5.41) is 0.905. The van der Waals surface area contributed by atoms with E-state index in [2.05, 4.69) is 15.9 Å². The van der Waals surface area contributed by atoms with Gasteiger partial charge in [-0.3, -0.25) is 0 Å². The van der Waals surface area contributed by atoms with Crippen LogP contribution >= 0.6 is 50.3 Å². The van der Waals surface area contributed by atoms with E-state index in [1.165, 1.54) is 0 Å². The number of alkyl halides is 4. The molecule has 90 valence electrons. The molecule has 0 unspecified atom stereocenters. The Bertz CT molecular complexity index is 354.